The number of aryl methyl sites for hydroxylation is 2. The van der Waals surface area contributed by atoms with Gasteiger partial charge in [-0.05, 0) is 54.8 Å². The standard InChI is InChI=1S/C26H22N4O2S/c1-3-18-6-8-19(9-7-18)26-29-21(16-33-26)14-24(31)30-23-11-10-22(13-17(23)2)32-25-20(15-27)5-4-12-28-25/h4-13,16H,3,14H2,1-2H3,(H,30,31). The summed E-state index contributed by atoms with van der Waals surface area (Å²) in [7, 11) is 0. The fourth-order valence-corrected chi connectivity index (χ4v) is 4.10. The van der Waals surface area contributed by atoms with Gasteiger partial charge in [-0.1, -0.05) is 31.2 Å². The van der Waals surface area contributed by atoms with E-state index >= 15 is 0 Å². The highest BCUT2D eigenvalue weighted by Crippen LogP contribution is 2.27. The molecule has 1 N–H and O–H groups in total. The van der Waals surface area contributed by atoms with Crippen molar-refractivity contribution in [2.75, 3.05) is 5.32 Å². The third-order valence-electron chi connectivity index (χ3n) is 5.08. The number of anilines is 1. The van der Waals surface area contributed by atoms with Gasteiger partial charge in [0.25, 0.3) is 0 Å². The number of hydrogen-bond donors (Lipinski definition) is 1. The molecule has 0 spiro atoms. The third-order valence-corrected chi connectivity index (χ3v) is 6.02. The maximum Gasteiger partial charge on any atom is 0.237 e. The van der Waals surface area contributed by atoms with Gasteiger partial charge in [0.2, 0.25) is 11.8 Å². The number of nitrogens with zero attached hydrogens (tertiary/aromatic N) is 3. The zero-order valence-corrected chi connectivity index (χ0v) is 19.1. The van der Waals surface area contributed by atoms with Crippen LogP contribution in [-0.2, 0) is 17.6 Å². The second-order valence-corrected chi connectivity index (χ2v) is 8.32. The highest BCUT2D eigenvalue weighted by Gasteiger charge is 2.12. The van der Waals surface area contributed by atoms with Gasteiger partial charge in [0.05, 0.1) is 12.1 Å². The molecule has 2 aromatic heterocycles. The van der Waals surface area contributed by atoms with Crippen molar-refractivity contribution < 1.29 is 9.53 Å². The molecular formula is C26H22N4O2S. The Balaban J connectivity index is 1.39. The molecule has 33 heavy (non-hydrogen) atoms. The molecule has 4 aromatic rings. The van der Waals surface area contributed by atoms with Gasteiger partial charge in [-0.15, -0.1) is 11.3 Å². The summed E-state index contributed by atoms with van der Waals surface area (Å²) in [6.45, 7) is 4.01. The molecule has 1 amide bonds. The summed E-state index contributed by atoms with van der Waals surface area (Å²) in [5.74, 6) is 0.653. The van der Waals surface area contributed by atoms with Crippen molar-refractivity contribution in [3.63, 3.8) is 0 Å². The lowest BCUT2D eigenvalue weighted by atomic mass is 10.1. The van der Waals surface area contributed by atoms with Crippen LogP contribution in [0.3, 0.4) is 0 Å². The topological polar surface area (TPSA) is 87.9 Å². The molecule has 0 saturated carbocycles. The molecule has 4 rings (SSSR count). The van der Waals surface area contributed by atoms with Crippen LogP contribution >= 0.6 is 11.3 Å². The Hall–Kier alpha value is -4.02. The summed E-state index contributed by atoms with van der Waals surface area (Å²) in [5.41, 5.74) is 4.97. The number of carbonyl (C=O) groups excluding carboxylic acids is 1. The Morgan fingerprint density at radius 3 is 2.73 bits per heavy atom. The summed E-state index contributed by atoms with van der Waals surface area (Å²) in [6, 6.07) is 19.0. The van der Waals surface area contributed by atoms with E-state index in [1.165, 1.54) is 16.9 Å². The summed E-state index contributed by atoms with van der Waals surface area (Å²) in [6.07, 6.45) is 2.77. The van der Waals surface area contributed by atoms with Crippen molar-refractivity contribution in [2.24, 2.45) is 0 Å². The van der Waals surface area contributed by atoms with Crippen LogP contribution in [-0.4, -0.2) is 15.9 Å². The maximum absolute atomic E-state index is 12.6. The van der Waals surface area contributed by atoms with Crippen LogP contribution in [0.2, 0.25) is 0 Å². The van der Waals surface area contributed by atoms with E-state index in [0.29, 0.717) is 17.0 Å². The summed E-state index contributed by atoms with van der Waals surface area (Å²) in [4.78, 5) is 21.3. The van der Waals surface area contributed by atoms with E-state index in [0.717, 1.165) is 28.2 Å². The molecule has 0 atom stereocenters. The quantitative estimate of drug-likeness (QED) is 0.374. The minimum atomic E-state index is -0.138. The average molecular weight is 455 g/mol. The Kier molecular flexibility index (Phi) is 6.77. The number of nitrogens with one attached hydrogen (secondary N) is 1. The van der Waals surface area contributed by atoms with Crippen LogP contribution in [0, 0.1) is 18.3 Å². The number of aromatic nitrogens is 2. The minimum absolute atomic E-state index is 0.138. The number of carbonyl (C=O) groups is 1. The first kappa shape index (κ1) is 22.2. The molecule has 164 valence electrons. The number of rotatable bonds is 7. The Labute approximate surface area is 196 Å². The molecule has 0 aliphatic carbocycles. The normalized spacial score (nSPS) is 10.5. The zero-order chi connectivity index (χ0) is 23.2. The van der Waals surface area contributed by atoms with Crippen LogP contribution in [0.1, 0.15) is 29.3 Å². The van der Waals surface area contributed by atoms with E-state index in [2.05, 4.69) is 52.5 Å². The van der Waals surface area contributed by atoms with Crippen molar-refractivity contribution in [3.05, 3.63) is 88.6 Å². The fraction of sp³-hybridized carbons (Fsp3) is 0.154. The number of nitriles is 1. The summed E-state index contributed by atoms with van der Waals surface area (Å²) in [5, 5.41) is 14.9. The first-order valence-corrected chi connectivity index (χ1v) is 11.4. The molecule has 0 saturated heterocycles. The predicted molar refractivity (Wildman–Crippen MR) is 129 cm³/mol. The molecule has 0 aliphatic heterocycles. The third kappa shape index (κ3) is 5.43. The van der Waals surface area contributed by atoms with Crippen LogP contribution in [0.15, 0.2) is 66.2 Å². The van der Waals surface area contributed by atoms with Gasteiger partial charge in [0, 0.05) is 22.8 Å². The Morgan fingerprint density at radius 2 is 2.00 bits per heavy atom. The molecule has 0 unspecified atom stereocenters. The smallest absolute Gasteiger partial charge is 0.237 e. The zero-order valence-electron chi connectivity index (χ0n) is 18.3. The first-order chi connectivity index (χ1) is 16.1. The van der Waals surface area contributed by atoms with E-state index in [-0.39, 0.29) is 18.2 Å². The molecular weight excluding hydrogens is 432 g/mol. The van der Waals surface area contributed by atoms with Crippen LogP contribution in [0.5, 0.6) is 11.6 Å². The summed E-state index contributed by atoms with van der Waals surface area (Å²) >= 11 is 1.54. The van der Waals surface area contributed by atoms with Crippen molar-refractivity contribution in [2.45, 2.75) is 26.7 Å². The molecule has 0 aliphatic rings. The molecule has 2 heterocycles. The fourth-order valence-electron chi connectivity index (χ4n) is 3.27. The van der Waals surface area contributed by atoms with Crippen molar-refractivity contribution in [3.8, 4) is 28.3 Å². The van der Waals surface area contributed by atoms with Gasteiger partial charge >= 0.3 is 0 Å². The van der Waals surface area contributed by atoms with Crippen LogP contribution in [0.4, 0.5) is 5.69 Å². The number of hydrogen-bond acceptors (Lipinski definition) is 6. The van der Waals surface area contributed by atoms with Gasteiger partial charge in [0.1, 0.15) is 22.4 Å². The van der Waals surface area contributed by atoms with Crippen molar-refractivity contribution in [1.29, 1.82) is 5.26 Å². The number of thiazole rings is 1. The van der Waals surface area contributed by atoms with E-state index in [1.54, 1.807) is 36.5 Å². The van der Waals surface area contributed by atoms with Crippen molar-refractivity contribution >= 4 is 22.9 Å². The Bertz CT molecular complexity index is 1320. The number of amides is 1. The lowest BCUT2D eigenvalue weighted by Crippen LogP contribution is -2.15. The molecule has 0 fully saturated rings. The summed E-state index contributed by atoms with van der Waals surface area (Å²) < 4.78 is 5.74. The van der Waals surface area contributed by atoms with E-state index in [9.17, 15) is 10.1 Å². The lowest BCUT2D eigenvalue weighted by Gasteiger charge is -2.11. The molecule has 2 aromatic carbocycles. The highest BCUT2D eigenvalue weighted by molar-refractivity contribution is 7.13. The van der Waals surface area contributed by atoms with E-state index in [4.69, 9.17) is 4.74 Å². The monoisotopic (exact) mass is 454 g/mol. The average Bonchev–Trinajstić information content (AvgIpc) is 3.29. The largest absolute Gasteiger partial charge is 0.438 e. The lowest BCUT2D eigenvalue weighted by molar-refractivity contribution is -0.115. The molecule has 6 nitrogen and oxygen atoms in total. The number of pyridine rings is 1. The van der Waals surface area contributed by atoms with E-state index < -0.39 is 0 Å². The van der Waals surface area contributed by atoms with Crippen molar-refractivity contribution in [1.82, 2.24) is 9.97 Å². The second kappa shape index (κ2) is 10.1. The van der Waals surface area contributed by atoms with Gasteiger partial charge < -0.3 is 10.1 Å². The van der Waals surface area contributed by atoms with Gasteiger partial charge in [-0.3, -0.25) is 4.79 Å². The molecule has 0 bridgehead atoms. The predicted octanol–water partition coefficient (Wildman–Crippen LogP) is 5.92. The highest BCUT2D eigenvalue weighted by atomic mass is 32.1. The van der Waals surface area contributed by atoms with Crippen LogP contribution < -0.4 is 10.1 Å². The van der Waals surface area contributed by atoms with E-state index in [1.807, 2.05) is 12.3 Å². The van der Waals surface area contributed by atoms with Gasteiger partial charge in [0.15, 0.2) is 0 Å². The number of ether oxygens (including phenoxy) is 1. The van der Waals surface area contributed by atoms with Gasteiger partial charge in [-0.2, -0.15) is 5.26 Å². The maximum atomic E-state index is 12.6. The number of benzene rings is 2. The van der Waals surface area contributed by atoms with Crippen LogP contribution in [0.25, 0.3) is 10.6 Å². The Morgan fingerprint density at radius 1 is 1.18 bits per heavy atom. The molecule has 7 heteroatoms. The first-order valence-electron chi connectivity index (χ1n) is 10.5. The SMILES string of the molecule is CCc1ccc(-c2nc(CC(=O)Nc3ccc(Oc4ncccc4C#N)cc3C)cs2)cc1. The second-order valence-electron chi connectivity index (χ2n) is 7.47. The van der Waals surface area contributed by atoms with Gasteiger partial charge in [-0.25, -0.2) is 9.97 Å². The minimum Gasteiger partial charge on any atom is -0.438 e. The molecule has 0 radical (unpaired) electrons.